The van der Waals surface area contributed by atoms with Crippen molar-refractivity contribution in [1.82, 2.24) is 0 Å². The molecule has 0 spiro atoms. The lowest BCUT2D eigenvalue weighted by Crippen LogP contribution is -2.13. The molecule has 0 aromatic heterocycles. The second kappa shape index (κ2) is 9.73. The molecule has 3 aromatic carbocycles. The average molecular weight is 451 g/mol. The van der Waals surface area contributed by atoms with Crippen LogP contribution in [0.1, 0.15) is 57.1 Å². The van der Waals surface area contributed by atoms with Crippen molar-refractivity contribution in [2.24, 2.45) is 0 Å². The zero-order valence-electron chi connectivity index (χ0n) is 19.1. The highest BCUT2D eigenvalue weighted by molar-refractivity contribution is 5.93. The summed E-state index contributed by atoms with van der Waals surface area (Å²) in [6.07, 6.45) is 0.952. The molecule has 7 nitrogen and oxygen atoms in total. The van der Waals surface area contributed by atoms with E-state index in [2.05, 4.69) is 0 Å². The van der Waals surface area contributed by atoms with E-state index in [1.165, 1.54) is 12.1 Å². The lowest BCUT2D eigenvalue weighted by atomic mass is 9.90. The second-order valence-corrected chi connectivity index (χ2v) is 8.35. The molecule has 0 saturated heterocycles. The van der Waals surface area contributed by atoms with Crippen LogP contribution < -0.4 is 11.5 Å². The van der Waals surface area contributed by atoms with Gasteiger partial charge in [0, 0.05) is 24.0 Å². The van der Waals surface area contributed by atoms with Gasteiger partial charge in [-0.1, -0.05) is 19.1 Å². The first-order valence-corrected chi connectivity index (χ1v) is 10.8. The summed E-state index contributed by atoms with van der Waals surface area (Å²) in [5.41, 5.74) is 16.3. The van der Waals surface area contributed by atoms with Crippen molar-refractivity contribution in [3.8, 4) is 17.2 Å². The average Bonchev–Trinajstić information content (AvgIpc) is 2.73. The van der Waals surface area contributed by atoms with Crippen LogP contribution in [0.2, 0.25) is 0 Å². The number of anilines is 2. The Balaban J connectivity index is 2.16. The van der Waals surface area contributed by atoms with Crippen LogP contribution >= 0.6 is 0 Å². The summed E-state index contributed by atoms with van der Waals surface area (Å²) in [6, 6.07) is 9.85. The van der Waals surface area contributed by atoms with Crippen molar-refractivity contribution in [1.29, 1.82) is 0 Å². The van der Waals surface area contributed by atoms with E-state index in [9.17, 15) is 20.1 Å². The van der Waals surface area contributed by atoms with Crippen LogP contribution in [0, 0.1) is 13.8 Å². The monoisotopic (exact) mass is 450 g/mol. The Kier molecular flexibility index (Phi) is 7.01. The number of nitrogen functional groups attached to an aromatic ring is 2. The summed E-state index contributed by atoms with van der Waals surface area (Å²) in [4.78, 5) is 13.1. The molecule has 0 heterocycles. The molecule has 0 aliphatic carbocycles. The van der Waals surface area contributed by atoms with E-state index in [1.807, 2.05) is 20.8 Å². The maximum Gasteiger partial charge on any atom is 0.338 e. The standard InChI is InChI=1S/C26H30N2O5/c1-4-5-33-26(32)23-16(10-18-6-14(2)8-21(27)24(18)30)12-20(29)13-17(23)11-19-7-15(3)9-22(28)25(19)31/h6-9,12-13,29-31H,4-5,10-11,27-28H2,1-3H3. The smallest absolute Gasteiger partial charge is 0.338 e. The van der Waals surface area contributed by atoms with Crippen molar-refractivity contribution in [2.45, 2.75) is 40.0 Å². The lowest BCUT2D eigenvalue weighted by Gasteiger charge is -2.17. The number of ether oxygens (including phenoxy) is 1. The first kappa shape index (κ1) is 23.8. The molecule has 7 heteroatoms. The van der Waals surface area contributed by atoms with Crippen LogP contribution in [0.3, 0.4) is 0 Å². The Hall–Kier alpha value is -3.87. The SMILES string of the molecule is CCCOC(=O)c1c(Cc2cc(C)cc(N)c2O)cc(O)cc1Cc1cc(C)cc(N)c1O. The number of aromatic hydroxyl groups is 3. The van der Waals surface area contributed by atoms with Gasteiger partial charge in [0.25, 0.3) is 0 Å². The minimum Gasteiger partial charge on any atom is -0.508 e. The van der Waals surface area contributed by atoms with Gasteiger partial charge in [0.15, 0.2) is 0 Å². The van der Waals surface area contributed by atoms with Gasteiger partial charge in [-0.15, -0.1) is 0 Å². The van der Waals surface area contributed by atoms with Crippen molar-refractivity contribution in [2.75, 3.05) is 18.1 Å². The van der Waals surface area contributed by atoms with E-state index in [1.54, 1.807) is 24.3 Å². The third-order valence-electron chi connectivity index (χ3n) is 5.42. The van der Waals surface area contributed by atoms with Gasteiger partial charge >= 0.3 is 5.97 Å². The number of phenols is 3. The van der Waals surface area contributed by atoms with Crippen LogP contribution in [-0.4, -0.2) is 27.9 Å². The van der Waals surface area contributed by atoms with E-state index in [0.29, 0.717) is 28.7 Å². The molecule has 3 rings (SSSR count). The topological polar surface area (TPSA) is 139 Å². The van der Waals surface area contributed by atoms with Crippen LogP contribution in [0.25, 0.3) is 0 Å². The van der Waals surface area contributed by atoms with Crippen molar-refractivity contribution in [3.05, 3.63) is 75.3 Å². The third kappa shape index (κ3) is 5.31. The zero-order chi connectivity index (χ0) is 24.3. The molecule has 0 fully saturated rings. The number of hydrogen-bond donors (Lipinski definition) is 5. The Morgan fingerprint density at radius 1 is 0.788 bits per heavy atom. The molecule has 33 heavy (non-hydrogen) atoms. The fourth-order valence-electron chi connectivity index (χ4n) is 4.00. The molecule has 0 aliphatic rings. The molecule has 174 valence electrons. The molecule has 0 amide bonds. The Morgan fingerprint density at radius 3 is 1.67 bits per heavy atom. The quantitative estimate of drug-likeness (QED) is 0.205. The van der Waals surface area contributed by atoms with Gasteiger partial charge < -0.3 is 31.5 Å². The molecule has 7 N–H and O–H groups in total. The molecule has 0 bridgehead atoms. The molecule has 0 saturated carbocycles. The summed E-state index contributed by atoms with van der Waals surface area (Å²) in [5.74, 6) is -0.723. The third-order valence-corrected chi connectivity index (χ3v) is 5.42. The number of aryl methyl sites for hydroxylation is 2. The highest BCUT2D eigenvalue weighted by Gasteiger charge is 2.22. The molecule has 3 aromatic rings. The summed E-state index contributed by atoms with van der Waals surface area (Å²) in [7, 11) is 0. The number of esters is 1. The summed E-state index contributed by atoms with van der Waals surface area (Å²) in [5, 5.41) is 31.4. The Labute approximate surface area is 193 Å². The van der Waals surface area contributed by atoms with Crippen molar-refractivity contribution < 1.29 is 24.9 Å². The number of phenolic OH excluding ortho intramolecular Hbond substituents is 3. The lowest BCUT2D eigenvalue weighted by molar-refractivity contribution is 0.0502. The number of nitrogens with two attached hydrogens (primary N) is 2. The van der Waals surface area contributed by atoms with Gasteiger partial charge in [-0.3, -0.25) is 0 Å². The van der Waals surface area contributed by atoms with Crippen molar-refractivity contribution >= 4 is 17.3 Å². The van der Waals surface area contributed by atoms with E-state index < -0.39 is 5.97 Å². The van der Waals surface area contributed by atoms with Gasteiger partial charge in [0.1, 0.15) is 17.2 Å². The normalized spacial score (nSPS) is 10.9. The van der Waals surface area contributed by atoms with E-state index in [-0.39, 0.29) is 53.6 Å². The Bertz CT molecular complexity index is 1120. The second-order valence-electron chi connectivity index (χ2n) is 8.35. The number of benzene rings is 3. The number of hydrogen-bond acceptors (Lipinski definition) is 7. The number of carbonyl (C=O) groups is 1. The van der Waals surface area contributed by atoms with Crippen LogP contribution in [0.5, 0.6) is 17.2 Å². The predicted octanol–water partition coefficient (Wildman–Crippen LogP) is 4.33. The molecular formula is C26H30N2O5. The van der Waals surface area contributed by atoms with Gasteiger partial charge in [0.2, 0.25) is 0 Å². The summed E-state index contributed by atoms with van der Waals surface area (Å²) in [6.45, 7) is 5.85. The van der Waals surface area contributed by atoms with E-state index in [4.69, 9.17) is 16.2 Å². The minimum atomic E-state index is -0.540. The number of carbonyl (C=O) groups excluding carboxylic acids is 1. The summed E-state index contributed by atoms with van der Waals surface area (Å²) >= 11 is 0. The summed E-state index contributed by atoms with van der Waals surface area (Å²) < 4.78 is 5.43. The van der Waals surface area contributed by atoms with Gasteiger partial charge in [-0.25, -0.2) is 4.79 Å². The van der Waals surface area contributed by atoms with Gasteiger partial charge in [-0.05, 0) is 66.8 Å². The first-order valence-electron chi connectivity index (χ1n) is 10.8. The first-order chi connectivity index (χ1) is 15.6. The molecule has 0 atom stereocenters. The molecule has 0 radical (unpaired) electrons. The molecule has 0 aliphatic heterocycles. The number of rotatable bonds is 7. The molecule has 0 unspecified atom stereocenters. The maximum atomic E-state index is 13.1. The van der Waals surface area contributed by atoms with E-state index >= 15 is 0 Å². The van der Waals surface area contributed by atoms with Crippen LogP contribution in [-0.2, 0) is 17.6 Å². The molecular weight excluding hydrogens is 420 g/mol. The van der Waals surface area contributed by atoms with E-state index in [0.717, 1.165) is 11.1 Å². The maximum absolute atomic E-state index is 13.1. The van der Waals surface area contributed by atoms with Crippen molar-refractivity contribution in [3.63, 3.8) is 0 Å². The largest absolute Gasteiger partial charge is 0.508 e. The van der Waals surface area contributed by atoms with Gasteiger partial charge in [0.05, 0.1) is 23.5 Å². The highest BCUT2D eigenvalue weighted by atomic mass is 16.5. The minimum absolute atomic E-state index is 0.0488. The Morgan fingerprint density at radius 2 is 1.24 bits per heavy atom. The highest BCUT2D eigenvalue weighted by Crippen LogP contribution is 2.34. The fourth-order valence-corrected chi connectivity index (χ4v) is 4.00. The predicted molar refractivity (Wildman–Crippen MR) is 129 cm³/mol. The fraction of sp³-hybridized carbons (Fsp3) is 0.269. The van der Waals surface area contributed by atoms with Gasteiger partial charge in [-0.2, -0.15) is 0 Å². The van der Waals surface area contributed by atoms with Crippen LogP contribution in [0.15, 0.2) is 36.4 Å². The van der Waals surface area contributed by atoms with Crippen LogP contribution in [0.4, 0.5) is 11.4 Å². The zero-order valence-corrected chi connectivity index (χ0v) is 19.1.